The summed E-state index contributed by atoms with van der Waals surface area (Å²) in [5.41, 5.74) is 2.50. The minimum atomic E-state index is -0.366. The Hall–Kier alpha value is -2.96. The smallest absolute Gasteiger partial charge is 0.272 e. The number of amides is 2. The molecule has 1 aliphatic heterocycles. The lowest BCUT2D eigenvalue weighted by molar-refractivity contribution is -0.129. The number of aromatic nitrogens is 2. The zero-order valence-electron chi connectivity index (χ0n) is 14.5. The van der Waals surface area contributed by atoms with Gasteiger partial charge in [-0.2, -0.15) is 5.10 Å². The van der Waals surface area contributed by atoms with E-state index < -0.39 is 0 Å². The third-order valence-corrected chi connectivity index (χ3v) is 5.16. The van der Waals surface area contributed by atoms with Gasteiger partial charge < -0.3 is 10.2 Å². The molecule has 2 aromatic rings. The van der Waals surface area contributed by atoms with Crippen LogP contribution in [0.1, 0.15) is 28.0 Å². The van der Waals surface area contributed by atoms with Crippen molar-refractivity contribution in [3.8, 4) is 0 Å². The first-order valence-corrected chi connectivity index (χ1v) is 8.73. The highest BCUT2D eigenvalue weighted by Crippen LogP contribution is 2.28. The van der Waals surface area contributed by atoms with E-state index in [9.17, 15) is 14.4 Å². The molecule has 7 nitrogen and oxygen atoms in total. The Labute approximate surface area is 150 Å². The van der Waals surface area contributed by atoms with Gasteiger partial charge in [0.25, 0.3) is 11.5 Å². The van der Waals surface area contributed by atoms with E-state index in [-0.39, 0.29) is 35.2 Å². The van der Waals surface area contributed by atoms with Crippen molar-refractivity contribution in [2.24, 2.45) is 7.05 Å². The molecule has 1 aromatic heterocycles. The average molecular weight is 352 g/mol. The predicted molar refractivity (Wildman–Crippen MR) is 94.7 cm³/mol. The first-order valence-electron chi connectivity index (χ1n) is 8.73. The van der Waals surface area contributed by atoms with Crippen LogP contribution in [0.15, 0.2) is 41.2 Å². The van der Waals surface area contributed by atoms with Gasteiger partial charge >= 0.3 is 0 Å². The van der Waals surface area contributed by atoms with Crippen LogP contribution in [0.2, 0.25) is 0 Å². The molecular weight excluding hydrogens is 332 g/mol. The number of fused-ring (bicyclic) bond motifs is 1. The number of rotatable bonds is 3. The molecule has 26 heavy (non-hydrogen) atoms. The van der Waals surface area contributed by atoms with Gasteiger partial charge in [-0.3, -0.25) is 14.4 Å². The van der Waals surface area contributed by atoms with Gasteiger partial charge in [0.1, 0.15) is 5.69 Å². The van der Waals surface area contributed by atoms with Gasteiger partial charge in [-0.15, -0.1) is 0 Å². The fourth-order valence-electron chi connectivity index (χ4n) is 3.82. The van der Waals surface area contributed by atoms with E-state index in [2.05, 4.69) is 22.5 Å². The maximum absolute atomic E-state index is 12.5. The minimum Gasteiger partial charge on any atom is -0.346 e. The second-order valence-corrected chi connectivity index (χ2v) is 6.93. The van der Waals surface area contributed by atoms with Crippen molar-refractivity contribution < 1.29 is 9.59 Å². The maximum Gasteiger partial charge on any atom is 0.272 e. The van der Waals surface area contributed by atoms with E-state index in [4.69, 9.17) is 0 Å². The number of aryl methyl sites for hydroxylation is 1. The van der Waals surface area contributed by atoms with Crippen molar-refractivity contribution >= 4 is 11.8 Å². The van der Waals surface area contributed by atoms with Crippen molar-refractivity contribution in [2.45, 2.75) is 31.3 Å². The van der Waals surface area contributed by atoms with Crippen LogP contribution in [0, 0.1) is 0 Å². The molecule has 1 fully saturated rings. The van der Waals surface area contributed by atoms with Crippen molar-refractivity contribution in [1.82, 2.24) is 20.0 Å². The van der Waals surface area contributed by atoms with E-state index in [0.717, 1.165) is 17.5 Å². The SMILES string of the molecule is Cn1nc(C(=O)N[C@H]2CC(=O)N(C3Cc4ccccc4C3)C2)ccc1=O. The third kappa shape index (κ3) is 3.00. The summed E-state index contributed by atoms with van der Waals surface area (Å²) in [5, 5.41) is 6.82. The topological polar surface area (TPSA) is 84.3 Å². The molecule has 1 aromatic carbocycles. The summed E-state index contributed by atoms with van der Waals surface area (Å²) in [6.07, 6.45) is 2.03. The van der Waals surface area contributed by atoms with E-state index in [1.54, 1.807) is 0 Å². The van der Waals surface area contributed by atoms with Crippen LogP contribution < -0.4 is 10.9 Å². The summed E-state index contributed by atoms with van der Waals surface area (Å²) < 4.78 is 1.12. The first-order chi connectivity index (χ1) is 12.5. The Morgan fingerprint density at radius 3 is 2.42 bits per heavy atom. The number of hydrogen-bond acceptors (Lipinski definition) is 4. The molecule has 4 rings (SSSR count). The van der Waals surface area contributed by atoms with Gasteiger partial charge in [-0.1, -0.05) is 24.3 Å². The quantitative estimate of drug-likeness (QED) is 0.860. The fraction of sp³-hybridized carbons (Fsp3) is 0.368. The molecule has 1 N–H and O–H groups in total. The maximum atomic E-state index is 12.5. The second kappa shape index (κ2) is 6.40. The molecule has 2 aliphatic rings. The molecule has 0 radical (unpaired) electrons. The van der Waals surface area contributed by atoms with Crippen LogP contribution >= 0.6 is 0 Å². The highest BCUT2D eigenvalue weighted by Gasteiger charge is 2.37. The summed E-state index contributed by atoms with van der Waals surface area (Å²) in [4.78, 5) is 38.1. The van der Waals surface area contributed by atoms with Crippen molar-refractivity contribution in [3.05, 3.63) is 63.6 Å². The summed E-state index contributed by atoms with van der Waals surface area (Å²) in [7, 11) is 1.50. The Balaban J connectivity index is 1.41. The largest absolute Gasteiger partial charge is 0.346 e. The highest BCUT2D eigenvalue weighted by atomic mass is 16.2. The van der Waals surface area contributed by atoms with E-state index >= 15 is 0 Å². The Morgan fingerprint density at radius 2 is 1.77 bits per heavy atom. The van der Waals surface area contributed by atoms with Crippen LogP contribution in [0.25, 0.3) is 0 Å². The molecule has 0 saturated carbocycles. The lowest BCUT2D eigenvalue weighted by Gasteiger charge is -2.24. The van der Waals surface area contributed by atoms with E-state index in [1.165, 1.54) is 30.3 Å². The number of hydrogen-bond donors (Lipinski definition) is 1. The molecular formula is C19H20N4O3. The zero-order valence-corrected chi connectivity index (χ0v) is 14.5. The molecule has 1 aliphatic carbocycles. The lowest BCUT2D eigenvalue weighted by Crippen LogP contribution is -2.41. The van der Waals surface area contributed by atoms with Gasteiger partial charge in [-0.25, -0.2) is 4.68 Å². The molecule has 1 saturated heterocycles. The molecule has 134 valence electrons. The standard InChI is InChI=1S/C19H20N4O3/c1-22-17(24)7-6-16(21-22)19(26)20-14-10-18(25)23(11-14)15-8-12-4-2-3-5-13(12)9-15/h2-7,14-15H,8-11H2,1H3,(H,20,26)/t14-/m0/s1. The first kappa shape index (κ1) is 16.5. The van der Waals surface area contributed by atoms with Crippen molar-refractivity contribution in [1.29, 1.82) is 0 Å². The zero-order chi connectivity index (χ0) is 18.3. The number of likely N-dealkylation sites (tertiary alicyclic amines) is 1. The van der Waals surface area contributed by atoms with E-state index in [1.807, 2.05) is 17.0 Å². The second-order valence-electron chi connectivity index (χ2n) is 6.93. The van der Waals surface area contributed by atoms with Crippen LogP contribution in [-0.4, -0.2) is 45.1 Å². The molecule has 1 atom stereocenters. The summed E-state index contributed by atoms with van der Waals surface area (Å²) >= 11 is 0. The summed E-state index contributed by atoms with van der Waals surface area (Å²) in [5.74, 6) is -0.295. The molecule has 0 bridgehead atoms. The Kier molecular flexibility index (Phi) is 4.06. The third-order valence-electron chi connectivity index (χ3n) is 5.16. The number of nitrogens with zero attached hydrogens (tertiary/aromatic N) is 3. The Bertz CT molecular complexity index is 911. The minimum absolute atomic E-state index is 0.0709. The van der Waals surface area contributed by atoms with Gasteiger partial charge in [0, 0.05) is 32.1 Å². The number of carbonyl (C=O) groups is 2. The highest BCUT2D eigenvalue weighted by molar-refractivity contribution is 5.93. The van der Waals surface area contributed by atoms with Gasteiger partial charge in [0.15, 0.2) is 0 Å². The van der Waals surface area contributed by atoms with E-state index in [0.29, 0.717) is 13.0 Å². The normalized spacial score (nSPS) is 19.7. The van der Waals surface area contributed by atoms with Crippen molar-refractivity contribution in [3.63, 3.8) is 0 Å². The molecule has 2 amide bonds. The molecule has 0 spiro atoms. The fourth-order valence-corrected chi connectivity index (χ4v) is 3.82. The summed E-state index contributed by atoms with van der Waals surface area (Å²) in [6, 6.07) is 10.9. The predicted octanol–water partition coefficient (Wildman–Crippen LogP) is 0.278. The van der Waals surface area contributed by atoms with Crippen LogP contribution in [-0.2, 0) is 24.7 Å². The number of carbonyl (C=O) groups excluding carboxylic acids is 2. The van der Waals surface area contributed by atoms with Crippen LogP contribution in [0.3, 0.4) is 0 Å². The van der Waals surface area contributed by atoms with Gasteiger partial charge in [0.05, 0.1) is 6.04 Å². The van der Waals surface area contributed by atoms with Gasteiger partial charge in [0.2, 0.25) is 5.91 Å². The number of nitrogens with one attached hydrogen (secondary N) is 1. The summed E-state index contributed by atoms with van der Waals surface area (Å²) in [6.45, 7) is 0.509. The van der Waals surface area contributed by atoms with Gasteiger partial charge in [-0.05, 0) is 30.0 Å². The molecule has 2 heterocycles. The van der Waals surface area contributed by atoms with Crippen LogP contribution in [0.4, 0.5) is 0 Å². The van der Waals surface area contributed by atoms with Crippen LogP contribution in [0.5, 0.6) is 0 Å². The lowest BCUT2D eigenvalue weighted by atomic mass is 10.1. The van der Waals surface area contributed by atoms with Crippen molar-refractivity contribution in [2.75, 3.05) is 6.54 Å². The Morgan fingerprint density at radius 1 is 1.08 bits per heavy atom. The molecule has 7 heteroatoms. The monoisotopic (exact) mass is 352 g/mol. The molecule has 0 unspecified atom stereocenters. The average Bonchev–Trinajstić information content (AvgIpc) is 3.20. The number of benzene rings is 1.